The van der Waals surface area contributed by atoms with Gasteiger partial charge in [0.15, 0.2) is 6.10 Å². The van der Waals surface area contributed by atoms with Gasteiger partial charge >= 0.3 is 11.9 Å². The Hall–Kier alpha value is -1.88. The molecule has 5 heteroatoms. The average molecular weight is 549 g/mol. The summed E-state index contributed by atoms with van der Waals surface area (Å²) in [6.45, 7) is 3.97. The van der Waals surface area contributed by atoms with Gasteiger partial charge in [-0.2, -0.15) is 0 Å². The lowest BCUT2D eigenvalue weighted by Crippen LogP contribution is -2.28. The molecule has 0 aliphatic carbocycles. The molecule has 0 spiro atoms. The van der Waals surface area contributed by atoms with Crippen LogP contribution in [0.2, 0.25) is 0 Å². The quantitative estimate of drug-likeness (QED) is 0.0599. The number of aliphatic hydroxyl groups excluding tert-OH is 1. The van der Waals surface area contributed by atoms with Crippen molar-refractivity contribution in [3.05, 3.63) is 36.5 Å². The third-order valence-electron chi connectivity index (χ3n) is 6.70. The van der Waals surface area contributed by atoms with Crippen LogP contribution in [0.5, 0.6) is 0 Å². The van der Waals surface area contributed by atoms with Gasteiger partial charge in [0, 0.05) is 12.8 Å². The maximum Gasteiger partial charge on any atom is 0.306 e. The molecule has 0 heterocycles. The van der Waals surface area contributed by atoms with Crippen LogP contribution in [0, 0.1) is 0 Å². The molecule has 0 aliphatic heterocycles. The van der Waals surface area contributed by atoms with E-state index in [1.54, 1.807) is 0 Å². The van der Waals surface area contributed by atoms with Crippen molar-refractivity contribution in [2.75, 3.05) is 13.2 Å². The van der Waals surface area contributed by atoms with E-state index in [0.29, 0.717) is 12.8 Å². The molecule has 0 saturated heterocycles. The van der Waals surface area contributed by atoms with Gasteiger partial charge in [-0.05, 0) is 44.9 Å². The minimum atomic E-state index is -0.772. The molecule has 0 aromatic carbocycles. The molecule has 1 N–H and O–H groups in total. The van der Waals surface area contributed by atoms with Crippen LogP contribution in [0.3, 0.4) is 0 Å². The van der Waals surface area contributed by atoms with Crippen molar-refractivity contribution in [2.24, 2.45) is 0 Å². The van der Waals surface area contributed by atoms with Crippen molar-refractivity contribution in [1.29, 1.82) is 0 Å². The maximum absolute atomic E-state index is 12.0. The number of hydrogen-bond acceptors (Lipinski definition) is 5. The highest BCUT2D eigenvalue weighted by Gasteiger charge is 2.16. The highest BCUT2D eigenvalue weighted by Crippen LogP contribution is 2.12. The molecule has 0 fully saturated rings. The molecule has 0 amide bonds. The molecule has 0 unspecified atom stereocenters. The molecular formula is C34H60O5. The summed E-state index contributed by atoms with van der Waals surface area (Å²) in [7, 11) is 0. The maximum atomic E-state index is 12.0. The van der Waals surface area contributed by atoms with E-state index >= 15 is 0 Å². The normalized spacial score (nSPS) is 12.6. The molecule has 5 nitrogen and oxygen atoms in total. The summed E-state index contributed by atoms with van der Waals surface area (Å²) in [4.78, 5) is 24.0. The van der Waals surface area contributed by atoms with E-state index in [-0.39, 0.29) is 25.2 Å². The second-order valence-electron chi connectivity index (χ2n) is 10.5. The first-order valence-corrected chi connectivity index (χ1v) is 16.0. The van der Waals surface area contributed by atoms with E-state index in [4.69, 9.17) is 9.47 Å². The number of esters is 2. The molecule has 0 aromatic rings. The van der Waals surface area contributed by atoms with Crippen LogP contribution in [0.4, 0.5) is 0 Å². The number of rotatable bonds is 28. The molecule has 0 bridgehead atoms. The topological polar surface area (TPSA) is 72.8 Å². The molecule has 1 atom stereocenters. The van der Waals surface area contributed by atoms with Crippen LogP contribution in [0.25, 0.3) is 0 Å². The van der Waals surface area contributed by atoms with Gasteiger partial charge in [-0.3, -0.25) is 9.59 Å². The molecule has 0 saturated carbocycles. The van der Waals surface area contributed by atoms with E-state index in [1.807, 2.05) is 0 Å². The monoisotopic (exact) mass is 548 g/mol. The highest BCUT2D eigenvalue weighted by molar-refractivity contribution is 5.70. The molecule has 226 valence electrons. The second-order valence-corrected chi connectivity index (χ2v) is 10.5. The van der Waals surface area contributed by atoms with Crippen molar-refractivity contribution in [3.63, 3.8) is 0 Å². The van der Waals surface area contributed by atoms with E-state index in [2.05, 4.69) is 50.3 Å². The predicted molar refractivity (Wildman–Crippen MR) is 164 cm³/mol. The second kappa shape index (κ2) is 30.7. The van der Waals surface area contributed by atoms with Gasteiger partial charge in [0.05, 0.1) is 6.61 Å². The van der Waals surface area contributed by atoms with E-state index in [0.717, 1.165) is 64.2 Å². The lowest BCUT2D eigenvalue weighted by atomic mass is 10.1. The number of hydrogen-bond donors (Lipinski definition) is 1. The first-order valence-electron chi connectivity index (χ1n) is 16.0. The van der Waals surface area contributed by atoms with Crippen molar-refractivity contribution in [3.8, 4) is 0 Å². The smallest absolute Gasteiger partial charge is 0.306 e. The Morgan fingerprint density at radius 1 is 0.615 bits per heavy atom. The number of aliphatic hydroxyl groups is 1. The van der Waals surface area contributed by atoms with E-state index < -0.39 is 6.10 Å². The van der Waals surface area contributed by atoms with Crippen LogP contribution in [0.1, 0.15) is 149 Å². The van der Waals surface area contributed by atoms with Gasteiger partial charge in [0.1, 0.15) is 6.61 Å². The van der Waals surface area contributed by atoms with Gasteiger partial charge in [-0.15, -0.1) is 0 Å². The Kier molecular flexibility index (Phi) is 29.2. The van der Waals surface area contributed by atoms with Gasteiger partial charge in [-0.25, -0.2) is 0 Å². The van der Waals surface area contributed by atoms with E-state index in [1.165, 1.54) is 57.8 Å². The van der Waals surface area contributed by atoms with Gasteiger partial charge in [-0.1, -0.05) is 127 Å². The lowest BCUT2D eigenvalue weighted by Gasteiger charge is -2.15. The van der Waals surface area contributed by atoms with Crippen LogP contribution >= 0.6 is 0 Å². The van der Waals surface area contributed by atoms with Crippen molar-refractivity contribution < 1.29 is 24.2 Å². The minimum absolute atomic E-state index is 0.0733. The number of carbonyl (C=O) groups excluding carboxylic acids is 2. The number of unbranched alkanes of at least 4 members (excludes halogenated alkanes) is 14. The number of allylic oxidation sites excluding steroid dienone is 6. The Morgan fingerprint density at radius 2 is 1.10 bits per heavy atom. The fourth-order valence-corrected chi connectivity index (χ4v) is 4.27. The Morgan fingerprint density at radius 3 is 1.67 bits per heavy atom. The average Bonchev–Trinajstić information content (AvgIpc) is 2.94. The van der Waals surface area contributed by atoms with Crippen molar-refractivity contribution in [1.82, 2.24) is 0 Å². The van der Waals surface area contributed by atoms with Crippen LogP contribution in [-0.4, -0.2) is 36.4 Å². The van der Waals surface area contributed by atoms with Gasteiger partial charge < -0.3 is 14.6 Å². The molecule has 0 aromatic heterocycles. The third-order valence-corrected chi connectivity index (χ3v) is 6.70. The Balaban J connectivity index is 3.63. The molecule has 0 radical (unpaired) electrons. The fourth-order valence-electron chi connectivity index (χ4n) is 4.27. The minimum Gasteiger partial charge on any atom is -0.462 e. The number of ether oxygens (including phenoxy) is 2. The lowest BCUT2D eigenvalue weighted by molar-refractivity contribution is -0.161. The first kappa shape index (κ1) is 37.1. The zero-order chi connectivity index (χ0) is 28.7. The van der Waals surface area contributed by atoms with Gasteiger partial charge in [0.2, 0.25) is 0 Å². The summed E-state index contributed by atoms with van der Waals surface area (Å²) < 4.78 is 10.5. The summed E-state index contributed by atoms with van der Waals surface area (Å²) in [5.74, 6) is -0.615. The third kappa shape index (κ3) is 28.9. The number of carbonyl (C=O) groups is 2. The van der Waals surface area contributed by atoms with Gasteiger partial charge in [0.25, 0.3) is 0 Å². The zero-order valence-electron chi connectivity index (χ0n) is 25.4. The van der Waals surface area contributed by atoms with Crippen molar-refractivity contribution >= 4 is 11.9 Å². The zero-order valence-corrected chi connectivity index (χ0v) is 25.4. The molecule has 0 aliphatic rings. The summed E-state index contributed by atoms with van der Waals surface area (Å²) >= 11 is 0. The predicted octanol–water partition coefficient (Wildman–Crippen LogP) is 9.33. The van der Waals surface area contributed by atoms with Crippen LogP contribution in [-0.2, 0) is 19.1 Å². The molecular weight excluding hydrogens is 488 g/mol. The van der Waals surface area contributed by atoms with Crippen LogP contribution < -0.4 is 0 Å². The largest absolute Gasteiger partial charge is 0.462 e. The standard InChI is InChI=1S/C34H60O5/c1-3-5-7-9-11-13-15-16-17-18-19-21-22-24-26-28-33(36)38-31-32(30-35)39-34(37)29-27-25-23-20-14-12-10-8-6-4-2/h5,7,11,13,16-17,32,35H,3-4,6,8-10,12,14-15,18-31H2,1-2H3/b7-5+,13-11+,17-16+/t32-/m0/s1. The fraction of sp³-hybridized carbons (Fsp3) is 0.765. The van der Waals surface area contributed by atoms with Crippen LogP contribution in [0.15, 0.2) is 36.5 Å². The summed E-state index contributed by atoms with van der Waals surface area (Å²) in [6, 6.07) is 0. The first-order chi connectivity index (χ1) is 19.1. The molecule has 0 rings (SSSR count). The Labute approximate surface area is 240 Å². The van der Waals surface area contributed by atoms with Crippen molar-refractivity contribution in [2.45, 2.75) is 155 Å². The summed E-state index contributed by atoms with van der Waals surface area (Å²) in [5, 5.41) is 9.47. The summed E-state index contributed by atoms with van der Waals surface area (Å²) in [6.07, 6.45) is 34.8. The highest BCUT2D eigenvalue weighted by atomic mass is 16.6. The summed E-state index contributed by atoms with van der Waals surface area (Å²) in [5.41, 5.74) is 0. The Bertz CT molecular complexity index is 637. The SMILES string of the molecule is CC/C=C/C/C=C/C/C=C/CCCCCCCC(=O)OC[C@H](CO)OC(=O)CCCCCCCCCCCC. The molecule has 39 heavy (non-hydrogen) atoms. The van der Waals surface area contributed by atoms with E-state index in [9.17, 15) is 14.7 Å².